The third-order valence-electron chi connectivity index (χ3n) is 2.35. The fraction of sp³-hybridized carbons (Fsp3) is 0.308. The average Bonchev–Trinajstić information content (AvgIpc) is 2.38. The third kappa shape index (κ3) is 3.71. The predicted octanol–water partition coefficient (Wildman–Crippen LogP) is 1.13. The second-order valence-electron chi connectivity index (χ2n) is 3.91. The number of ether oxygens (including phenoxy) is 1. The first-order valence-corrected chi connectivity index (χ1v) is 5.69. The lowest BCUT2D eigenvalue weighted by Crippen LogP contribution is -2.25. The summed E-state index contributed by atoms with van der Waals surface area (Å²) >= 11 is 0. The summed E-state index contributed by atoms with van der Waals surface area (Å²) in [6.45, 7) is 1.73. The van der Waals surface area contributed by atoms with E-state index in [0.717, 1.165) is 5.69 Å². The van der Waals surface area contributed by atoms with Crippen molar-refractivity contribution in [1.29, 1.82) is 5.26 Å². The minimum absolute atomic E-state index is 0.120. The molecule has 100 valence electrons. The van der Waals surface area contributed by atoms with E-state index in [-0.39, 0.29) is 17.9 Å². The van der Waals surface area contributed by atoms with Crippen LogP contribution in [0.3, 0.4) is 0 Å². The van der Waals surface area contributed by atoms with Gasteiger partial charge in [-0.25, -0.2) is 4.79 Å². The van der Waals surface area contributed by atoms with Crippen LogP contribution in [0.4, 0.5) is 11.4 Å². The Labute approximate surface area is 111 Å². The van der Waals surface area contributed by atoms with E-state index < -0.39 is 11.9 Å². The number of anilines is 2. The van der Waals surface area contributed by atoms with Crippen LogP contribution in [0.2, 0.25) is 0 Å². The summed E-state index contributed by atoms with van der Waals surface area (Å²) in [5.74, 6) is -1.86. The highest BCUT2D eigenvalue weighted by Gasteiger charge is 2.17. The molecule has 0 fully saturated rings. The molecule has 1 rings (SSSR count). The van der Waals surface area contributed by atoms with Crippen LogP contribution >= 0.6 is 0 Å². The molecule has 19 heavy (non-hydrogen) atoms. The summed E-state index contributed by atoms with van der Waals surface area (Å²) in [7, 11) is 3.66. The predicted molar refractivity (Wildman–Crippen MR) is 70.7 cm³/mol. The zero-order chi connectivity index (χ0) is 14.4. The lowest BCUT2D eigenvalue weighted by atomic mass is 10.1. The molecule has 1 aromatic carbocycles. The molecular formula is C13H15N3O3. The summed E-state index contributed by atoms with van der Waals surface area (Å²) in [4.78, 5) is 24.6. The van der Waals surface area contributed by atoms with E-state index in [2.05, 4.69) is 10.1 Å². The Bertz CT molecular complexity index is 532. The molecule has 0 aliphatic heterocycles. The molecule has 0 aromatic heterocycles. The quantitative estimate of drug-likeness (QED) is 0.651. The number of rotatable bonds is 3. The van der Waals surface area contributed by atoms with E-state index in [1.807, 2.05) is 25.1 Å². The highest BCUT2D eigenvalue weighted by Crippen LogP contribution is 2.22. The number of amides is 1. The summed E-state index contributed by atoms with van der Waals surface area (Å²) in [5.41, 5.74) is 1.37. The van der Waals surface area contributed by atoms with Crippen molar-refractivity contribution in [3.05, 3.63) is 23.8 Å². The van der Waals surface area contributed by atoms with Crippen LogP contribution in [-0.4, -0.2) is 32.6 Å². The largest absolute Gasteiger partial charge is 0.459 e. The van der Waals surface area contributed by atoms with Crippen LogP contribution in [0, 0.1) is 11.3 Å². The molecular weight excluding hydrogens is 246 g/mol. The van der Waals surface area contributed by atoms with E-state index in [9.17, 15) is 9.59 Å². The number of nitrogens with one attached hydrogen (secondary N) is 1. The van der Waals surface area contributed by atoms with Gasteiger partial charge in [-0.2, -0.15) is 5.26 Å². The zero-order valence-electron chi connectivity index (χ0n) is 11.1. The number of hydrogen-bond donors (Lipinski definition) is 1. The van der Waals surface area contributed by atoms with E-state index >= 15 is 0 Å². The summed E-state index contributed by atoms with van der Waals surface area (Å²) < 4.78 is 4.58. The van der Waals surface area contributed by atoms with Crippen molar-refractivity contribution in [2.75, 3.05) is 30.9 Å². The third-order valence-corrected chi connectivity index (χ3v) is 2.35. The molecule has 0 heterocycles. The number of esters is 1. The van der Waals surface area contributed by atoms with Crippen molar-refractivity contribution in [1.82, 2.24) is 0 Å². The van der Waals surface area contributed by atoms with Gasteiger partial charge in [0.2, 0.25) is 0 Å². The second-order valence-corrected chi connectivity index (χ2v) is 3.91. The molecule has 0 saturated carbocycles. The van der Waals surface area contributed by atoms with Gasteiger partial charge in [-0.05, 0) is 25.1 Å². The van der Waals surface area contributed by atoms with Crippen molar-refractivity contribution in [3.63, 3.8) is 0 Å². The topological polar surface area (TPSA) is 82.4 Å². The molecule has 1 amide bonds. The van der Waals surface area contributed by atoms with E-state index in [0.29, 0.717) is 0 Å². The maximum atomic E-state index is 11.5. The van der Waals surface area contributed by atoms with Crippen LogP contribution in [-0.2, 0) is 14.3 Å². The highest BCUT2D eigenvalue weighted by molar-refractivity contribution is 6.37. The van der Waals surface area contributed by atoms with Gasteiger partial charge in [0.05, 0.1) is 17.9 Å². The number of benzene rings is 1. The Morgan fingerprint density at radius 3 is 2.63 bits per heavy atom. The van der Waals surface area contributed by atoms with Gasteiger partial charge in [0.1, 0.15) is 6.07 Å². The minimum atomic E-state index is -0.971. The first-order chi connectivity index (χ1) is 8.99. The molecule has 0 atom stereocenters. The number of nitrogens with zero attached hydrogens (tertiary/aromatic N) is 2. The zero-order valence-corrected chi connectivity index (χ0v) is 11.1. The monoisotopic (exact) mass is 261 g/mol. The Hall–Kier alpha value is -2.55. The Kier molecular flexibility index (Phi) is 4.89. The molecule has 0 saturated heterocycles. The van der Waals surface area contributed by atoms with Crippen LogP contribution in [0.1, 0.15) is 12.5 Å². The average molecular weight is 261 g/mol. The maximum Gasteiger partial charge on any atom is 0.397 e. The molecule has 0 aliphatic carbocycles. The summed E-state index contributed by atoms with van der Waals surface area (Å²) in [5, 5.41) is 11.4. The molecule has 0 bridgehead atoms. The van der Waals surface area contributed by atoms with Gasteiger partial charge in [-0.1, -0.05) is 0 Å². The van der Waals surface area contributed by atoms with Gasteiger partial charge in [0.25, 0.3) is 0 Å². The fourth-order valence-electron chi connectivity index (χ4n) is 1.38. The number of hydrogen-bond acceptors (Lipinski definition) is 5. The van der Waals surface area contributed by atoms with Gasteiger partial charge >= 0.3 is 11.9 Å². The molecule has 0 aliphatic rings. The first kappa shape index (κ1) is 14.5. The van der Waals surface area contributed by atoms with Crippen molar-refractivity contribution in [2.45, 2.75) is 6.92 Å². The smallest absolute Gasteiger partial charge is 0.397 e. The van der Waals surface area contributed by atoms with Gasteiger partial charge in [0.15, 0.2) is 0 Å². The Morgan fingerprint density at radius 1 is 1.42 bits per heavy atom. The van der Waals surface area contributed by atoms with E-state index in [4.69, 9.17) is 5.26 Å². The molecule has 0 radical (unpaired) electrons. The molecule has 1 N–H and O–H groups in total. The molecule has 6 nitrogen and oxygen atoms in total. The van der Waals surface area contributed by atoms with Crippen LogP contribution in [0.25, 0.3) is 0 Å². The van der Waals surface area contributed by atoms with Crippen molar-refractivity contribution in [3.8, 4) is 6.07 Å². The van der Waals surface area contributed by atoms with Gasteiger partial charge in [-0.3, -0.25) is 4.79 Å². The van der Waals surface area contributed by atoms with Gasteiger partial charge in [-0.15, -0.1) is 0 Å². The van der Waals surface area contributed by atoms with E-state index in [1.165, 1.54) is 0 Å². The van der Waals surface area contributed by atoms with Crippen molar-refractivity contribution in [2.24, 2.45) is 0 Å². The summed E-state index contributed by atoms with van der Waals surface area (Å²) in [6.07, 6.45) is 0. The SMILES string of the molecule is CCOC(=O)C(=O)Nc1cc(N(C)C)ccc1C#N. The Morgan fingerprint density at radius 2 is 2.11 bits per heavy atom. The molecule has 0 unspecified atom stereocenters. The second kappa shape index (κ2) is 6.40. The standard InChI is InChI=1S/C13H15N3O3/c1-4-19-13(18)12(17)15-11-7-10(16(2)3)6-5-9(11)8-14/h5-7H,4H2,1-3H3,(H,15,17). The van der Waals surface area contributed by atoms with Crippen LogP contribution < -0.4 is 10.2 Å². The van der Waals surface area contributed by atoms with E-state index in [1.54, 1.807) is 25.1 Å². The molecule has 0 spiro atoms. The normalized spacial score (nSPS) is 9.37. The van der Waals surface area contributed by atoms with Crippen LogP contribution in [0.5, 0.6) is 0 Å². The number of nitriles is 1. The molecule has 1 aromatic rings. The van der Waals surface area contributed by atoms with Gasteiger partial charge < -0.3 is 15.0 Å². The lowest BCUT2D eigenvalue weighted by Gasteiger charge is -2.14. The highest BCUT2D eigenvalue weighted by atomic mass is 16.5. The van der Waals surface area contributed by atoms with Crippen molar-refractivity contribution >= 4 is 23.3 Å². The first-order valence-electron chi connectivity index (χ1n) is 5.69. The fourth-order valence-corrected chi connectivity index (χ4v) is 1.38. The minimum Gasteiger partial charge on any atom is -0.459 e. The lowest BCUT2D eigenvalue weighted by molar-refractivity contribution is -0.152. The maximum absolute atomic E-state index is 11.5. The summed E-state index contributed by atoms with van der Waals surface area (Å²) in [6, 6.07) is 6.90. The van der Waals surface area contributed by atoms with Gasteiger partial charge in [0, 0.05) is 19.8 Å². The molecule has 6 heteroatoms. The van der Waals surface area contributed by atoms with Crippen molar-refractivity contribution < 1.29 is 14.3 Å². The number of carbonyl (C=O) groups is 2. The number of carbonyl (C=O) groups excluding carboxylic acids is 2. The van der Waals surface area contributed by atoms with Crippen LogP contribution in [0.15, 0.2) is 18.2 Å². The Balaban J connectivity index is 2.99.